The van der Waals surface area contributed by atoms with Crippen LogP contribution in [-0.2, 0) is 16.4 Å². The summed E-state index contributed by atoms with van der Waals surface area (Å²) in [5.41, 5.74) is 2.46. The number of alkyl halides is 1. The van der Waals surface area contributed by atoms with Gasteiger partial charge in [-0.05, 0) is 36.1 Å². The van der Waals surface area contributed by atoms with E-state index in [4.69, 9.17) is 0 Å². The number of aryl methyl sites for hydroxylation is 1. The number of pyridine rings is 1. The van der Waals surface area contributed by atoms with Crippen molar-refractivity contribution in [1.82, 2.24) is 23.9 Å². The van der Waals surface area contributed by atoms with Gasteiger partial charge >= 0.3 is 0 Å². The second-order valence-corrected chi connectivity index (χ2v) is 10.7. The average molecular weight is 512 g/mol. The number of rotatable bonds is 7. The molecule has 0 bridgehead atoms. The zero-order chi connectivity index (χ0) is 23.7. The van der Waals surface area contributed by atoms with E-state index in [0.717, 1.165) is 0 Å². The van der Waals surface area contributed by atoms with Gasteiger partial charge in [0.05, 0.1) is 17.3 Å². The van der Waals surface area contributed by atoms with Gasteiger partial charge in [0.15, 0.2) is 10.8 Å². The molecular formula is C23H18FN5O2S3. The van der Waals surface area contributed by atoms with Crippen LogP contribution in [0.2, 0.25) is 0 Å². The highest BCUT2D eigenvalue weighted by Gasteiger charge is 2.25. The Balaban J connectivity index is 1.82. The summed E-state index contributed by atoms with van der Waals surface area (Å²) in [5.74, 6) is 0. The van der Waals surface area contributed by atoms with Crippen molar-refractivity contribution in [3.63, 3.8) is 0 Å². The van der Waals surface area contributed by atoms with Gasteiger partial charge < -0.3 is 0 Å². The Morgan fingerprint density at radius 1 is 1.09 bits per heavy atom. The number of fused-ring (bicyclic) bond motifs is 1. The van der Waals surface area contributed by atoms with E-state index in [-0.39, 0.29) is 17.0 Å². The van der Waals surface area contributed by atoms with Crippen LogP contribution in [0.15, 0.2) is 76.5 Å². The van der Waals surface area contributed by atoms with Gasteiger partial charge in [-0.15, -0.1) is 11.3 Å². The maximum Gasteiger partial charge on any atom is 0.269 e. The second kappa shape index (κ2) is 9.24. The second-order valence-electron chi connectivity index (χ2n) is 7.23. The van der Waals surface area contributed by atoms with Gasteiger partial charge in [0, 0.05) is 41.3 Å². The normalized spacial score (nSPS) is 11.8. The Morgan fingerprint density at radius 3 is 2.62 bits per heavy atom. The molecule has 0 N–H and O–H groups in total. The predicted molar refractivity (Wildman–Crippen MR) is 132 cm³/mol. The molecule has 172 valence electrons. The number of aromatic nitrogens is 5. The molecule has 5 rings (SSSR count). The average Bonchev–Trinajstić information content (AvgIpc) is 3.53. The van der Waals surface area contributed by atoms with Gasteiger partial charge in [-0.25, -0.2) is 32.3 Å². The topological polar surface area (TPSA) is 90.6 Å². The number of hydrogen-bond acceptors (Lipinski definition) is 8. The third-order valence-electron chi connectivity index (χ3n) is 5.22. The fraction of sp³-hybridized carbons (Fsp3) is 0.130. The van der Waals surface area contributed by atoms with E-state index in [1.807, 2.05) is 17.7 Å². The predicted octanol–water partition coefficient (Wildman–Crippen LogP) is 5.09. The first-order chi connectivity index (χ1) is 16.5. The van der Waals surface area contributed by atoms with Crippen LogP contribution >= 0.6 is 23.1 Å². The molecule has 4 aromatic heterocycles. The van der Waals surface area contributed by atoms with Gasteiger partial charge in [-0.3, -0.25) is 4.39 Å². The van der Waals surface area contributed by atoms with Gasteiger partial charge in [0.1, 0.15) is 10.7 Å². The minimum atomic E-state index is -3.96. The molecule has 0 aliphatic carbocycles. The molecule has 34 heavy (non-hydrogen) atoms. The highest BCUT2D eigenvalue weighted by atomic mass is 32.2. The van der Waals surface area contributed by atoms with Crippen LogP contribution in [0.3, 0.4) is 0 Å². The first-order valence-electron chi connectivity index (χ1n) is 10.2. The van der Waals surface area contributed by atoms with Gasteiger partial charge in [-0.2, -0.15) is 0 Å². The first-order valence-corrected chi connectivity index (χ1v) is 13.8. The lowest BCUT2D eigenvalue weighted by Crippen LogP contribution is -2.12. The quantitative estimate of drug-likeness (QED) is 0.222. The van der Waals surface area contributed by atoms with E-state index in [0.29, 0.717) is 38.1 Å². The smallest absolute Gasteiger partial charge is 0.251 e. The van der Waals surface area contributed by atoms with E-state index < -0.39 is 16.7 Å². The summed E-state index contributed by atoms with van der Waals surface area (Å²) < 4.78 is 41.8. The molecule has 5 aromatic rings. The van der Waals surface area contributed by atoms with E-state index in [1.165, 1.54) is 45.4 Å². The Bertz CT molecular complexity index is 1570. The molecule has 0 saturated heterocycles. The van der Waals surface area contributed by atoms with Crippen molar-refractivity contribution in [3.05, 3.63) is 72.0 Å². The Morgan fingerprint density at radius 2 is 1.91 bits per heavy atom. The summed E-state index contributed by atoms with van der Waals surface area (Å²) in [6.07, 6.45) is 6.75. The summed E-state index contributed by atoms with van der Waals surface area (Å²) in [7, 11) is -3.96. The summed E-state index contributed by atoms with van der Waals surface area (Å²) in [6, 6.07) is 11.8. The van der Waals surface area contributed by atoms with Crippen LogP contribution in [-0.4, -0.2) is 45.3 Å². The zero-order valence-corrected chi connectivity index (χ0v) is 20.4. The highest BCUT2D eigenvalue weighted by Crippen LogP contribution is 2.35. The number of halogens is 1. The molecule has 7 nitrogen and oxygen atoms in total. The summed E-state index contributed by atoms with van der Waals surface area (Å²) in [6.45, 7) is -0.581. The number of hydrogen-bond donors (Lipinski definition) is 0. The van der Waals surface area contributed by atoms with Crippen LogP contribution in [0.4, 0.5) is 4.39 Å². The standard InChI is InChI=1S/C23H18FN5O2S3/c1-32-23-26-13-15(9-10-24)20(28-23)18-14-29(34(30,31)16-5-3-2-4-6-16)21-17(18)7-8-19(27-21)22-25-11-12-33-22/h2-8,11-14H,9-10H2,1H3. The molecule has 4 heterocycles. The molecule has 0 spiro atoms. The largest absolute Gasteiger partial charge is 0.269 e. The van der Waals surface area contributed by atoms with Crippen molar-refractivity contribution in [1.29, 1.82) is 0 Å². The molecule has 11 heteroatoms. The van der Waals surface area contributed by atoms with Crippen molar-refractivity contribution in [2.45, 2.75) is 16.5 Å². The minimum absolute atomic E-state index is 0.118. The maximum atomic E-state index is 13.6. The first kappa shape index (κ1) is 22.6. The zero-order valence-electron chi connectivity index (χ0n) is 17.9. The van der Waals surface area contributed by atoms with Crippen LogP contribution in [0.25, 0.3) is 33.0 Å². The van der Waals surface area contributed by atoms with Crippen molar-refractivity contribution in [2.75, 3.05) is 12.9 Å². The number of thioether (sulfide) groups is 1. The van der Waals surface area contributed by atoms with E-state index >= 15 is 0 Å². The van der Waals surface area contributed by atoms with Gasteiger partial charge in [-0.1, -0.05) is 30.0 Å². The van der Waals surface area contributed by atoms with Crippen molar-refractivity contribution in [2.24, 2.45) is 0 Å². The maximum absolute atomic E-state index is 13.6. The molecule has 1 aromatic carbocycles. The van der Waals surface area contributed by atoms with Crippen molar-refractivity contribution < 1.29 is 12.8 Å². The van der Waals surface area contributed by atoms with Crippen LogP contribution < -0.4 is 0 Å². The molecule has 0 aliphatic rings. The third-order valence-corrected chi connectivity index (χ3v) is 8.24. The molecule has 0 amide bonds. The molecule has 0 aliphatic heterocycles. The molecular weight excluding hydrogens is 493 g/mol. The van der Waals surface area contributed by atoms with Crippen molar-refractivity contribution in [3.8, 4) is 22.0 Å². The fourth-order valence-corrected chi connectivity index (χ4v) is 5.92. The summed E-state index contributed by atoms with van der Waals surface area (Å²) in [5, 5.41) is 3.61. The highest BCUT2D eigenvalue weighted by molar-refractivity contribution is 7.98. The molecule has 0 radical (unpaired) electrons. The minimum Gasteiger partial charge on any atom is -0.251 e. The van der Waals surface area contributed by atoms with Gasteiger partial charge in [0.25, 0.3) is 10.0 Å². The van der Waals surface area contributed by atoms with Crippen LogP contribution in [0, 0.1) is 0 Å². The Labute approximate surface area is 203 Å². The Hall–Kier alpha value is -3.15. The van der Waals surface area contributed by atoms with Crippen molar-refractivity contribution >= 4 is 44.2 Å². The lowest BCUT2D eigenvalue weighted by Gasteiger charge is -2.07. The number of benzene rings is 1. The molecule has 0 atom stereocenters. The lowest BCUT2D eigenvalue weighted by atomic mass is 10.1. The summed E-state index contributed by atoms with van der Waals surface area (Å²) in [4.78, 5) is 18.0. The van der Waals surface area contributed by atoms with Crippen LogP contribution in [0.1, 0.15) is 5.56 Å². The van der Waals surface area contributed by atoms with Crippen LogP contribution in [0.5, 0.6) is 0 Å². The van der Waals surface area contributed by atoms with E-state index in [9.17, 15) is 12.8 Å². The van der Waals surface area contributed by atoms with Gasteiger partial charge in [0.2, 0.25) is 0 Å². The molecule has 0 unspecified atom stereocenters. The number of nitrogens with zero attached hydrogens (tertiary/aromatic N) is 5. The fourth-order valence-electron chi connectivity index (χ4n) is 3.63. The lowest BCUT2D eigenvalue weighted by molar-refractivity contribution is 0.494. The number of thiazole rings is 1. The molecule has 0 fully saturated rings. The summed E-state index contributed by atoms with van der Waals surface area (Å²) >= 11 is 2.77. The van der Waals surface area contributed by atoms with E-state index in [1.54, 1.807) is 36.7 Å². The SMILES string of the molecule is CSc1ncc(CCF)c(-c2cn(S(=O)(=O)c3ccccc3)c3nc(-c4nccs4)ccc23)n1. The monoisotopic (exact) mass is 511 g/mol. The Kier molecular flexibility index (Phi) is 6.15. The third kappa shape index (κ3) is 3.99. The molecule has 0 saturated carbocycles. The van der Waals surface area contributed by atoms with E-state index in [2.05, 4.69) is 19.9 Å².